The van der Waals surface area contributed by atoms with E-state index in [1.54, 1.807) is 33.8 Å². The summed E-state index contributed by atoms with van der Waals surface area (Å²) < 4.78 is 62.0. The smallest absolute Gasteiger partial charge is 0.228 e. The minimum Gasteiger partial charge on any atom is -0.228 e. The predicted octanol–water partition coefficient (Wildman–Crippen LogP) is 5.90. The number of halogens is 3. The Morgan fingerprint density at radius 1 is 0.857 bits per heavy atom. The van der Waals surface area contributed by atoms with Gasteiger partial charge >= 0.3 is 6.18 Å². The quantitative estimate of drug-likeness (QED) is 0.592. The highest BCUT2D eigenvalue weighted by atomic mass is 32.2. The van der Waals surface area contributed by atoms with Crippen LogP contribution in [0.4, 0.5) is 13.2 Å². The average molecular weight is 413 g/mol. The molecule has 0 spiro atoms. The maximum atomic E-state index is 12.7. The molecule has 0 unspecified atom stereocenters. The Morgan fingerprint density at radius 3 is 1.93 bits per heavy atom. The lowest BCUT2D eigenvalue weighted by molar-refractivity contribution is -0.137. The number of hydrogen-bond acceptors (Lipinski definition) is 2. The largest absolute Gasteiger partial charge is 0.416 e. The molecular formula is C22H27F3O2S. The minimum atomic E-state index is -4.31. The SMILES string of the molecule is Cc1cc(C(F)(F)F)ccc1CCCc1ccc(CS(=O)(=O)C(C)(C)C)cc1. The Labute approximate surface area is 165 Å². The third-order valence-electron chi connectivity index (χ3n) is 4.89. The Hall–Kier alpha value is -1.82. The van der Waals surface area contributed by atoms with Crippen molar-refractivity contribution in [2.24, 2.45) is 0 Å². The fraction of sp³-hybridized carbons (Fsp3) is 0.455. The van der Waals surface area contributed by atoms with Gasteiger partial charge in [0.1, 0.15) is 0 Å². The molecule has 0 heterocycles. The molecule has 0 atom stereocenters. The van der Waals surface area contributed by atoms with Crippen molar-refractivity contribution < 1.29 is 21.6 Å². The van der Waals surface area contributed by atoms with Gasteiger partial charge in [-0.15, -0.1) is 0 Å². The molecule has 154 valence electrons. The molecule has 2 rings (SSSR count). The zero-order valence-electron chi connectivity index (χ0n) is 16.7. The van der Waals surface area contributed by atoms with E-state index in [-0.39, 0.29) is 5.75 Å². The van der Waals surface area contributed by atoms with Gasteiger partial charge in [-0.05, 0) is 81.3 Å². The summed E-state index contributed by atoms with van der Waals surface area (Å²) >= 11 is 0. The maximum absolute atomic E-state index is 12.7. The normalized spacial score (nSPS) is 13.0. The Balaban J connectivity index is 1.94. The van der Waals surface area contributed by atoms with Crippen molar-refractivity contribution in [1.82, 2.24) is 0 Å². The second kappa shape index (κ2) is 8.27. The summed E-state index contributed by atoms with van der Waals surface area (Å²) in [6.45, 7) is 6.79. The van der Waals surface area contributed by atoms with Gasteiger partial charge in [-0.2, -0.15) is 13.2 Å². The molecule has 0 aliphatic rings. The molecule has 2 nitrogen and oxygen atoms in total. The van der Waals surface area contributed by atoms with Crippen LogP contribution in [0.3, 0.4) is 0 Å². The van der Waals surface area contributed by atoms with Crippen LogP contribution in [0.25, 0.3) is 0 Å². The number of benzene rings is 2. The summed E-state index contributed by atoms with van der Waals surface area (Å²) in [5.74, 6) is 0.0154. The van der Waals surface area contributed by atoms with Gasteiger partial charge in [0, 0.05) is 0 Å². The van der Waals surface area contributed by atoms with Gasteiger partial charge in [-0.1, -0.05) is 30.3 Å². The van der Waals surface area contributed by atoms with Crippen LogP contribution in [0.5, 0.6) is 0 Å². The standard InChI is InChI=1S/C22H27F3O2S/c1-16-14-20(22(23,24)25)13-12-19(16)7-5-6-17-8-10-18(11-9-17)15-28(26,27)21(2,3)4/h8-14H,5-7,15H2,1-4H3. The van der Waals surface area contributed by atoms with Gasteiger partial charge in [0.15, 0.2) is 9.84 Å². The second-order valence-electron chi connectivity index (χ2n) is 8.18. The molecule has 0 aliphatic heterocycles. The van der Waals surface area contributed by atoms with Crippen LogP contribution in [0.15, 0.2) is 42.5 Å². The highest BCUT2D eigenvalue weighted by Crippen LogP contribution is 2.30. The van der Waals surface area contributed by atoms with E-state index in [2.05, 4.69) is 0 Å². The van der Waals surface area contributed by atoms with E-state index < -0.39 is 26.3 Å². The molecule has 0 radical (unpaired) electrons. The van der Waals surface area contributed by atoms with Gasteiger partial charge in [-0.25, -0.2) is 8.42 Å². The van der Waals surface area contributed by atoms with Crippen molar-refractivity contribution in [2.45, 2.75) is 63.6 Å². The monoisotopic (exact) mass is 412 g/mol. The fourth-order valence-corrected chi connectivity index (χ4v) is 3.94. The van der Waals surface area contributed by atoms with Gasteiger partial charge in [0.05, 0.1) is 16.1 Å². The van der Waals surface area contributed by atoms with Gasteiger partial charge in [-0.3, -0.25) is 0 Å². The van der Waals surface area contributed by atoms with Crippen LogP contribution < -0.4 is 0 Å². The molecule has 0 saturated heterocycles. The number of rotatable bonds is 6. The predicted molar refractivity (Wildman–Crippen MR) is 107 cm³/mol. The fourth-order valence-electron chi connectivity index (χ4n) is 2.87. The zero-order chi connectivity index (χ0) is 21.2. The first kappa shape index (κ1) is 22.5. The van der Waals surface area contributed by atoms with Crippen LogP contribution >= 0.6 is 0 Å². The summed E-state index contributed by atoms with van der Waals surface area (Å²) in [5.41, 5.74) is 2.80. The molecule has 0 fully saturated rings. The van der Waals surface area contributed by atoms with Crippen LogP contribution in [0, 0.1) is 6.92 Å². The maximum Gasteiger partial charge on any atom is 0.416 e. The highest BCUT2D eigenvalue weighted by Gasteiger charge is 2.30. The summed E-state index contributed by atoms with van der Waals surface area (Å²) in [6, 6.07) is 11.4. The average Bonchev–Trinajstić information content (AvgIpc) is 2.55. The first-order valence-electron chi connectivity index (χ1n) is 9.26. The molecule has 0 N–H and O–H groups in total. The zero-order valence-corrected chi connectivity index (χ0v) is 17.5. The number of sulfone groups is 1. The van der Waals surface area contributed by atoms with Crippen LogP contribution in [0.1, 0.15) is 55.0 Å². The van der Waals surface area contributed by atoms with Crippen LogP contribution in [0.2, 0.25) is 0 Å². The third-order valence-corrected chi connectivity index (χ3v) is 7.47. The lowest BCUT2D eigenvalue weighted by atomic mass is 9.98. The summed E-state index contributed by atoms with van der Waals surface area (Å²) in [5, 5.41) is 0. The molecule has 2 aromatic carbocycles. The third kappa shape index (κ3) is 5.84. The Morgan fingerprint density at radius 2 is 1.43 bits per heavy atom. The lowest BCUT2D eigenvalue weighted by Crippen LogP contribution is -2.29. The summed E-state index contributed by atoms with van der Waals surface area (Å²) in [6.07, 6.45) is -2.02. The highest BCUT2D eigenvalue weighted by molar-refractivity contribution is 7.91. The van der Waals surface area contributed by atoms with Gasteiger partial charge in [0.25, 0.3) is 0 Å². The van der Waals surface area contributed by atoms with E-state index in [1.807, 2.05) is 24.3 Å². The summed E-state index contributed by atoms with van der Waals surface area (Å²) in [4.78, 5) is 0. The van der Waals surface area contributed by atoms with Crippen LogP contribution in [-0.2, 0) is 34.6 Å². The Kier molecular flexibility index (Phi) is 6.64. The Bertz CT molecular complexity index is 906. The van der Waals surface area contributed by atoms with E-state index in [0.29, 0.717) is 12.0 Å². The number of hydrogen-bond donors (Lipinski definition) is 0. The first-order valence-corrected chi connectivity index (χ1v) is 10.9. The lowest BCUT2D eigenvalue weighted by Gasteiger charge is -2.19. The molecule has 6 heteroatoms. The van der Waals surface area contributed by atoms with Gasteiger partial charge < -0.3 is 0 Å². The topological polar surface area (TPSA) is 34.1 Å². The first-order chi connectivity index (χ1) is 12.8. The van der Waals surface area contributed by atoms with E-state index >= 15 is 0 Å². The molecule has 0 aliphatic carbocycles. The van der Waals surface area contributed by atoms with Crippen molar-refractivity contribution in [2.75, 3.05) is 0 Å². The summed E-state index contributed by atoms with van der Waals surface area (Å²) in [7, 11) is -3.22. The molecule has 0 saturated carbocycles. The van der Waals surface area contributed by atoms with Gasteiger partial charge in [0.2, 0.25) is 0 Å². The molecular weight excluding hydrogens is 385 g/mol. The van der Waals surface area contributed by atoms with E-state index in [1.165, 1.54) is 6.07 Å². The van der Waals surface area contributed by atoms with Crippen molar-refractivity contribution in [3.8, 4) is 0 Å². The molecule has 2 aromatic rings. The number of alkyl halides is 3. The van der Waals surface area contributed by atoms with Crippen molar-refractivity contribution >= 4 is 9.84 Å². The van der Waals surface area contributed by atoms with Crippen molar-refractivity contribution in [3.05, 3.63) is 70.3 Å². The molecule has 28 heavy (non-hydrogen) atoms. The van der Waals surface area contributed by atoms with E-state index in [9.17, 15) is 21.6 Å². The molecule has 0 amide bonds. The van der Waals surface area contributed by atoms with Crippen molar-refractivity contribution in [3.63, 3.8) is 0 Å². The van der Waals surface area contributed by atoms with E-state index in [4.69, 9.17) is 0 Å². The van der Waals surface area contributed by atoms with E-state index in [0.717, 1.165) is 35.6 Å². The van der Waals surface area contributed by atoms with Crippen molar-refractivity contribution in [1.29, 1.82) is 0 Å². The minimum absolute atomic E-state index is 0.0154. The van der Waals surface area contributed by atoms with Crippen LogP contribution in [-0.4, -0.2) is 13.2 Å². The number of aryl methyl sites for hydroxylation is 3. The molecule has 0 aromatic heterocycles. The second-order valence-corrected chi connectivity index (χ2v) is 10.9. The molecule has 0 bridgehead atoms.